The minimum Gasteiger partial charge on any atom is -0.479 e. The second-order valence-electron chi connectivity index (χ2n) is 3.99. The number of ketones is 1. The molecule has 0 aromatic rings. The summed E-state index contributed by atoms with van der Waals surface area (Å²) in [4.78, 5) is 34.6. The summed E-state index contributed by atoms with van der Waals surface area (Å²) in [5, 5.41) is 18.1. The Morgan fingerprint density at radius 2 is 2.13 bits per heavy atom. The summed E-state index contributed by atoms with van der Waals surface area (Å²) in [6.45, 7) is 1.47. The predicted octanol–water partition coefficient (Wildman–Crippen LogP) is -1.38. The van der Waals surface area contributed by atoms with Crippen LogP contribution in [0.25, 0.3) is 0 Å². The van der Waals surface area contributed by atoms with Crippen molar-refractivity contribution in [2.75, 3.05) is 0 Å². The van der Waals surface area contributed by atoms with E-state index in [0.29, 0.717) is 0 Å². The van der Waals surface area contributed by atoms with Crippen LogP contribution in [0.1, 0.15) is 13.3 Å². The monoisotopic (exact) mass is 213 g/mol. The maximum Gasteiger partial charge on any atom is 0.334 e. The van der Waals surface area contributed by atoms with Crippen LogP contribution in [0.15, 0.2) is 0 Å². The fourth-order valence-electron chi connectivity index (χ4n) is 2.39. The normalized spacial score (nSPS) is 36.1. The molecule has 1 amide bonds. The third-order valence-corrected chi connectivity index (χ3v) is 3.06. The summed E-state index contributed by atoms with van der Waals surface area (Å²) < 4.78 is 0. The number of hydrogen-bond acceptors (Lipinski definition) is 4. The Balaban J connectivity index is 2.23. The molecule has 2 N–H and O–H groups in total. The van der Waals surface area contributed by atoms with E-state index in [0.717, 1.165) is 4.90 Å². The highest BCUT2D eigenvalue weighted by molar-refractivity contribution is 6.10. The highest BCUT2D eigenvalue weighted by atomic mass is 16.4. The molecule has 15 heavy (non-hydrogen) atoms. The minimum absolute atomic E-state index is 0.0400. The molecule has 0 aromatic carbocycles. The van der Waals surface area contributed by atoms with Gasteiger partial charge in [0.1, 0.15) is 0 Å². The van der Waals surface area contributed by atoms with Crippen molar-refractivity contribution in [2.24, 2.45) is 5.92 Å². The number of aliphatic hydroxyl groups excluding tert-OH is 1. The fraction of sp³-hybridized carbons (Fsp3) is 0.667. The lowest BCUT2D eigenvalue weighted by Gasteiger charge is -2.44. The number of amides is 1. The van der Waals surface area contributed by atoms with Crippen molar-refractivity contribution in [3.63, 3.8) is 0 Å². The molecule has 0 bridgehead atoms. The molecule has 0 spiro atoms. The molecule has 2 fully saturated rings. The van der Waals surface area contributed by atoms with Crippen molar-refractivity contribution < 1.29 is 24.6 Å². The number of fused-ring (bicyclic) bond motifs is 1. The zero-order chi connectivity index (χ0) is 11.3. The number of aliphatic carboxylic acids is 1. The van der Waals surface area contributed by atoms with Gasteiger partial charge in [-0.1, -0.05) is 0 Å². The van der Waals surface area contributed by atoms with Crippen LogP contribution < -0.4 is 0 Å². The standard InChI is InChI=1S/C9H11NO5/c1-3(11)6-4-2-5(12)7(9(14)15)10(4)8(6)13/h3-4,6-7,11H,2H2,1H3,(H,14,15)/t3?,4-,6?,7?/m1/s1. The number of nitrogens with zero attached hydrogens (tertiary/aromatic N) is 1. The molecular weight excluding hydrogens is 202 g/mol. The van der Waals surface area contributed by atoms with Crippen molar-refractivity contribution in [2.45, 2.75) is 31.5 Å². The maximum absolute atomic E-state index is 11.5. The van der Waals surface area contributed by atoms with E-state index >= 15 is 0 Å². The SMILES string of the molecule is CC(O)C1C(=O)N2C(C(=O)O)C(=O)C[C@H]12. The van der Waals surface area contributed by atoms with Crippen molar-refractivity contribution in [1.82, 2.24) is 4.90 Å². The summed E-state index contributed by atoms with van der Waals surface area (Å²) >= 11 is 0. The summed E-state index contributed by atoms with van der Waals surface area (Å²) in [6, 6.07) is -1.76. The number of Topliss-reactive ketones (excluding diaryl/α,β-unsaturated/α-hetero) is 1. The average Bonchev–Trinajstić information content (AvgIpc) is 2.38. The zero-order valence-corrected chi connectivity index (χ0v) is 8.08. The molecular formula is C9H11NO5. The lowest BCUT2D eigenvalue weighted by Crippen LogP contribution is -2.64. The average molecular weight is 213 g/mol. The molecule has 0 saturated carbocycles. The van der Waals surface area contributed by atoms with Crippen LogP contribution in [0.3, 0.4) is 0 Å². The highest BCUT2D eigenvalue weighted by Crippen LogP contribution is 2.39. The summed E-state index contributed by atoms with van der Waals surface area (Å²) in [6.07, 6.45) is -0.794. The van der Waals surface area contributed by atoms with E-state index in [1.807, 2.05) is 0 Å². The maximum atomic E-state index is 11.5. The predicted molar refractivity (Wildman–Crippen MR) is 46.9 cm³/mol. The molecule has 0 radical (unpaired) electrons. The first-order chi connectivity index (χ1) is 6.95. The van der Waals surface area contributed by atoms with Crippen molar-refractivity contribution >= 4 is 17.7 Å². The van der Waals surface area contributed by atoms with Gasteiger partial charge in [0.05, 0.1) is 18.1 Å². The quantitative estimate of drug-likeness (QED) is 0.435. The number of rotatable bonds is 2. The number of aliphatic hydroxyl groups is 1. The third kappa shape index (κ3) is 1.18. The van der Waals surface area contributed by atoms with E-state index in [1.165, 1.54) is 6.92 Å². The molecule has 82 valence electrons. The van der Waals surface area contributed by atoms with E-state index in [1.54, 1.807) is 0 Å². The number of carbonyl (C=O) groups excluding carboxylic acids is 2. The van der Waals surface area contributed by atoms with Gasteiger partial charge < -0.3 is 15.1 Å². The van der Waals surface area contributed by atoms with Gasteiger partial charge in [0.15, 0.2) is 11.8 Å². The van der Waals surface area contributed by atoms with Gasteiger partial charge in [0, 0.05) is 6.42 Å². The minimum atomic E-state index is -1.34. The number of β-lactam (4-membered cyclic amide) rings is 1. The van der Waals surface area contributed by atoms with Crippen LogP contribution in [0.4, 0.5) is 0 Å². The number of carbonyl (C=O) groups is 3. The third-order valence-electron chi connectivity index (χ3n) is 3.06. The van der Waals surface area contributed by atoms with Crippen LogP contribution in [-0.2, 0) is 14.4 Å². The van der Waals surface area contributed by atoms with Crippen LogP contribution in [-0.4, -0.2) is 51.0 Å². The highest BCUT2D eigenvalue weighted by Gasteiger charge is 2.60. The van der Waals surface area contributed by atoms with Gasteiger partial charge in [0.25, 0.3) is 0 Å². The van der Waals surface area contributed by atoms with Crippen molar-refractivity contribution in [3.8, 4) is 0 Å². The second-order valence-corrected chi connectivity index (χ2v) is 3.99. The first-order valence-electron chi connectivity index (χ1n) is 4.71. The molecule has 6 heteroatoms. The Labute approximate surface area is 85.5 Å². The van der Waals surface area contributed by atoms with Crippen LogP contribution in [0.2, 0.25) is 0 Å². The van der Waals surface area contributed by atoms with Gasteiger partial charge in [-0.2, -0.15) is 0 Å². The Kier molecular flexibility index (Phi) is 2.04. The lowest BCUT2D eigenvalue weighted by molar-refractivity contribution is -0.170. The topological polar surface area (TPSA) is 94.9 Å². The molecule has 0 aromatic heterocycles. The lowest BCUT2D eigenvalue weighted by atomic mass is 9.84. The van der Waals surface area contributed by atoms with Gasteiger partial charge in [-0.15, -0.1) is 0 Å². The first-order valence-corrected chi connectivity index (χ1v) is 4.71. The van der Waals surface area contributed by atoms with Crippen LogP contribution >= 0.6 is 0 Å². The summed E-state index contributed by atoms with van der Waals surface area (Å²) in [7, 11) is 0. The number of hydrogen-bond donors (Lipinski definition) is 2. The molecule has 3 unspecified atom stereocenters. The number of carboxylic acid groups (broad SMARTS) is 1. The van der Waals surface area contributed by atoms with E-state index < -0.39 is 41.8 Å². The van der Waals surface area contributed by atoms with E-state index in [-0.39, 0.29) is 6.42 Å². The zero-order valence-electron chi connectivity index (χ0n) is 8.08. The molecule has 4 atom stereocenters. The Hall–Kier alpha value is -1.43. The molecule has 2 aliphatic rings. The molecule has 2 saturated heterocycles. The van der Waals surface area contributed by atoms with Crippen LogP contribution in [0.5, 0.6) is 0 Å². The summed E-state index contributed by atoms with van der Waals surface area (Å²) in [5.41, 5.74) is 0. The Morgan fingerprint density at radius 1 is 1.53 bits per heavy atom. The number of carboxylic acids is 1. The second kappa shape index (κ2) is 3.03. The molecule has 2 heterocycles. The van der Waals surface area contributed by atoms with E-state index in [4.69, 9.17) is 5.11 Å². The molecule has 6 nitrogen and oxygen atoms in total. The van der Waals surface area contributed by atoms with Crippen LogP contribution in [0, 0.1) is 5.92 Å². The van der Waals surface area contributed by atoms with Crippen molar-refractivity contribution in [1.29, 1.82) is 0 Å². The largest absolute Gasteiger partial charge is 0.479 e. The van der Waals surface area contributed by atoms with Gasteiger partial charge in [-0.25, -0.2) is 4.79 Å². The Morgan fingerprint density at radius 3 is 2.60 bits per heavy atom. The molecule has 2 rings (SSSR count). The molecule has 0 aliphatic carbocycles. The fourth-order valence-corrected chi connectivity index (χ4v) is 2.39. The van der Waals surface area contributed by atoms with Gasteiger partial charge in [-0.05, 0) is 6.92 Å². The van der Waals surface area contributed by atoms with E-state index in [2.05, 4.69) is 0 Å². The summed E-state index contributed by atoms with van der Waals surface area (Å²) in [5.74, 6) is -2.80. The van der Waals surface area contributed by atoms with Gasteiger partial charge in [-0.3, -0.25) is 9.59 Å². The smallest absolute Gasteiger partial charge is 0.334 e. The van der Waals surface area contributed by atoms with E-state index in [9.17, 15) is 19.5 Å². The van der Waals surface area contributed by atoms with Gasteiger partial charge >= 0.3 is 5.97 Å². The first kappa shape index (κ1) is 10.1. The van der Waals surface area contributed by atoms with Crippen molar-refractivity contribution in [3.05, 3.63) is 0 Å². The van der Waals surface area contributed by atoms with Gasteiger partial charge in [0.2, 0.25) is 5.91 Å². The Bertz CT molecular complexity index is 350. The molecule has 2 aliphatic heterocycles.